The first-order valence-corrected chi connectivity index (χ1v) is 5.76. The van der Waals surface area contributed by atoms with Crippen LogP contribution in [0.1, 0.15) is 12.0 Å². The van der Waals surface area contributed by atoms with Gasteiger partial charge in [-0.3, -0.25) is 4.79 Å². The van der Waals surface area contributed by atoms with E-state index >= 15 is 0 Å². The monoisotopic (exact) mass is 235 g/mol. The Morgan fingerprint density at radius 3 is 3.06 bits per heavy atom. The fourth-order valence-corrected chi connectivity index (χ4v) is 2.09. The van der Waals surface area contributed by atoms with Crippen molar-refractivity contribution in [2.24, 2.45) is 5.92 Å². The van der Waals surface area contributed by atoms with Crippen molar-refractivity contribution in [2.45, 2.75) is 12.8 Å². The van der Waals surface area contributed by atoms with Crippen molar-refractivity contribution in [3.05, 3.63) is 23.8 Å². The van der Waals surface area contributed by atoms with Crippen LogP contribution in [0.2, 0.25) is 0 Å². The maximum absolute atomic E-state index is 11.7. The van der Waals surface area contributed by atoms with Crippen LogP contribution in [0, 0.1) is 5.92 Å². The molecular formula is C13H17NO3. The van der Waals surface area contributed by atoms with Gasteiger partial charge in [0.1, 0.15) is 11.5 Å². The van der Waals surface area contributed by atoms with E-state index in [-0.39, 0.29) is 11.8 Å². The molecule has 0 saturated carbocycles. The number of benzene rings is 1. The van der Waals surface area contributed by atoms with Gasteiger partial charge in [-0.25, -0.2) is 0 Å². The Morgan fingerprint density at radius 1 is 1.53 bits per heavy atom. The number of ether oxygens (including phenoxy) is 2. The third-order valence-corrected chi connectivity index (χ3v) is 3.08. The summed E-state index contributed by atoms with van der Waals surface area (Å²) in [6, 6.07) is 5.72. The van der Waals surface area contributed by atoms with Crippen molar-refractivity contribution in [2.75, 3.05) is 20.8 Å². The highest BCUT2D eigenvalue weighted by molar-refractivity contribution is 5.78. The second-order valence-corrected chi connectivity index (χ2v) is 4.13. The van der Waals surface area contributed by atoms with Gasteiger partial charge in [0.25, 0.3) is 0 Å². The van der Waals surface area contributed by atoms with E-state index in [0.29, 0.717) is 13.0 Å². The number of rotatable bonds is 2. The Hall–Kier alpha value is -1.71. The third kappa shape index (κ3) is 2.52. The minimum atomic E-state index is -0.0200. The first kappa shape index (κ1) is 11.8. The quantitative estimate of drug-likeness (QED) is 0.842. The lowest BCUT2D eigenvalue weighted by Crippen LogP contribution is -2.29. The predicted octanol–water partition coefficient (Wildman–Crippen LogP) is 1.38. The van der Waals surface area contributed by atoms with Crippen LogP contribution in [0.5, 0.6) is 11.5 Å². The highest BCUT2D eigenvalue weighted by atomic mass is 16.5. The number of methoxy groups -OCH3 is 1. The zero-order valence-electron chi connectivity index (χ0n) is 10.2. The lowest BCUT2D eigenvalue weighted by atomic mass is 9.96. The van der Waals surface area contributed by atoms with Gasteiger partial charge in [0.2, 0.25) is 5.91 Å². The van der Waals surface area contributed by atoms with Gasteiger partial charge in [-0.2, -0.15) is 0 Å². The molecule has 1 heterocycles. The summed E-state index contributed by atoms with van der Waals surface area (Å²) in [5, 5.41) is 2.70. The minimum Gasteiger partial charge on any atom is -0.497 e. The molecule has 1 aliphatic rings. The number of carbonyl (C=O) groups excluding carboxylic acids is 1. The van der Waals surface area contributed by atoms with Crippen molar-refractivity contribution >= 4 is 5.91 Å². The van der Waals surface area contributed by atoms with E-state index < -0.39 is 0 Å². The smallest absolute Gasteiger partial charge is 0.223 e. The third-order valence-electron chi connectivity index (χ3n) is 3.08. The molecule has 0 aromatic heterocycles. The summed E-state index contributed by atoms with van der Waals surface area (Å²) in [5.41, 5.74) is 1.04. The standard InChI is InChI=1S/C13H17NO3/c1-14-13(15)9-5-6-17-12-4-3-11(16-2)8-10(12)7-9/h3-4,8-9H,5-7H2,1-2H3,(H,14,15). The molecule has 1 aromatic rings. The Labute approximate surface area is 101 Å². The fraction of sp³-hybridized carbons (Fsp3) is 0.462. The predicted molar refractivity (Wildman–Crippen MR) is 64.4 cm³/mol. The molecule has 1 aromatic carbocycles. The molecule has 1 unspecified atom stereocenters. The summed E-state index contributed by atoms with van der Waals surface area (Å²) >= 11 is 0. The molecule has 4 nitrogen and oxygen atoms in total. The fourth-order valence-electron chi connectivity index (χ4n) is 2.09. The van der Waals surface area contributed by atoms with Crippen molar-refractivity contribution in [1.82, 2.24) is 5.32 Å². The van der Waals surface area contributed by atoms with E-state index in [4.69, 9.17) is 9.47 Å². The van der Waals surface area contributed by atoms with E-state index in [2.05, 4.69) is 5.32 Å². The summed E-state index contributed by atoms with van der Waals surface area (Å²) in [6.45, 7) is 0.581. The molecule has 1 N–H and O–H groups in total. The van der Waals surface area contributed by atoms with Gasteiger partial charge in [-0.15, -0.1) is 0 Å². The maximum Gasteiger partial charge on any atom is 0.223 e. The molecule has 0 fully saturated rings. The zero-order chi connectivity index (χ0) is 12.3. The molecule has 17 heavy (non-hydrogen) atoms. The van der Waals surface area contributed by atoms with Crippen LogP contribution in [0.4, 0.5) is 0 Å². The van der Waals surface area contributed by atoms with Crippen LogP contribution in [0.25, 0.3) is 0 Å². The lowest BCUT2D eigenvalue weighted by molar-refractivity contribution is -0.124. The lowest BCUT2D eigenvalue weighted by Gasteiger charge is -2.11. The summed E-state index contributed by atoms with van der Waals surface area (Å²) in [5.74, 6) is 1.71. The molecule has 0 radical (unpaired) electrons. The van der Waals surface area contributed by atoms with E-state index in [1.807, 2.05) is 18.2 Å². The van der Waals surface area contributed by atoms with Crippen LogP contribution in [0.15, 0.2) is 18.2 Å². The Morgan fingerprint density at radius 2 is 2.35 bits per heavy atom. The molecule has 0 spiro atoms. The van der Waals surface area contributed by atoms with Crippen LogP contribution in [-0.2, 0) is 11.2 Å². The van der Waals surface area contributed by atoms with Crippen LogP contribution in [0.3, 0.4) is 0 Å². The Balaban J connectivity index is 2.25. The summed E-state index contributed by atoms with van der Waals surface area (Å²) in [4.78, 5) is 11.7. The van der Waals surface area contributed by atoms with Crippen LogP contribution < -0.4 is 14.8 Å². The molecule has 2 rings (SSSR count). The van der Waals surface area contributed by atoms with E-state index in [0.717, 1.165) is 23.5 Å². The van der Waals surface area contributed by atoms with Crippen LogP contribution in [-0.4, -0.2) is 26.7 Å². The van der Waals surface area contributed by atoms with Crippen LogP contribution >= 0.6 is 0 Å². The van der Waals surface area contributed by atoms with E-state index in [9.17, 15) is 4.79 Å². The van der Waals surface area contributed by atoms with Crippen molar-refractivity contribution in [3.63, 3.8) is 0 Å². The first-order chi connectivity index (χ1) is 8.24. The Bertz CT molecular complexity index is 417. The van der Waals surface area contributed by atoms with Gasteiger partial charge in [0, 0.05) is 13.0 Å². The number of nitrogens with one attached hydrogen (secondary N) is 1. The number of carbonyl (C=O) groups is 1. The van der Waals surface area contributed by atoms with E-state index in [1.165, 1.54) is 0 Å². The normalized spacial score (nSPS) is 18.6. The molecule has 0 bridgehead atoms. The summed E-state index contributed by atoms with van der Waals surface area (Å²) in [7, 11) is 3.30. The zero-order valence-corrected chi connectivity index (χ0v) is 10.2. The van der Waals surface area contributed by atoms with Gasteiger partial charge in [0.05, 0.1) is 13.7 Å². The van der Waals surface area contributed by atoms with Crippen molar-refractivity contribution in [3.8, 4) is 11.5 Å². The van der Waals surface area contributed by atoms with Gasteiger partial charge in [-0.1, -0.05) is 0 Å². The summed E-state index contributed by atoms with van der Waals surface area (Å²) < 4.78 is 10.8. The average molecular weight is 235 g/mol. The molecule has 1 amide bonds. The van der Waals surface area contributed by atoms with Gasteiger partial charge in [0.15, 0.2) is 0 Å². The molecule has 1 aliphatic heterocycles. The molecule has 0 aliphatic carbocycles. The second kappa shape index (κ2) is 5.08. The number of fused-ring (bicyclic) bond motifs is 1. The first-order valence-electron chi connectivity index (χ1n) is 5.76. The van der Waals surface area contributed by atoms with Crippen molar-refractivity contribution < 1.29 is 14.3 Å². The van der Waals surface area contributed by atoms with Gasteiger partial charge in [-0.05, 0) is 36.6 Å². The van der Waals surface area contributed by atoms with E-state index in [1.54, 1.807) is 14.2 Å². The highest BCUT2D eigenvalue weighted by Crippen LogP contribution is 2.30. The van der Waals surface area contributed by atoms with Gasteiger partial charge >= 0.3 is 0 Å². The average Bonchev–Trinajstić information content (AvgIpc) is 2.58. The second-order valence-electron chi connectivity index (χ2n) is 4.13. The molecule has 0 saturated heterocycles. The van der Waals surface area contributed by atoms with Crippen molar-refractivity contribution in [1.29, 1.82) is 0 Å². The molecule has 1 atom stereocenters. The molecule has 92 valence electrons. The minimum absolute atomic E-state index is 0.0200. The maximum atomic E-state index is 11.7. The topological polar surface area (TPSA) is 47.6 Å². The summed E-state index contributed by atoms with van der Waals surface area (Å²) in [6.07, 6.45) is 1.45. The molecular weight excluding hydrogens is 218 g/mol. The molecule has 4 heteroatoms. The van der Waals surface area contributed by atoms with Gasteiger partial charge < -0.3 is 14.8 Å². The largest absolute Gasteiger partial charge is 0.497 e. The number of hydrogen-bond donors (Lipinski definition) is 1. The number of hydrogen-bond acceptors (Lipinski definition) is 3. The SMILES string of the molecule is CNC(=O)C1CCOc2ccc(OC)cc2C1. The Kier molecular flexibility index (Phi) is 3.52. The highest BCUT2D eigenvalue weighted by Gasteiger charge is 2.23. The number of amides is 1.